The molecule has 4 rings (SSSR count). The highest BCUT2D eigenvalue weighted by Crippen LogP contribution is 2.29. The van der Waals surface area contributed by atoms with Gasteiger partial charge in [-0.3, -0.25) is 4.79 Å². The minimum atomic E-state index is -0.246. The molecule has 0 unspecified atom stereocenters. The Bertz CT molecular complexity index is 913. The number of halogens is 1. The van der Waals surface area contributed by atoms with E-state index in [1.165, 1.54) is 12.1 Å². The van der Waals surface area contributed by atoms with Gasteiger partial charge in [-0.05, 0) is 36.8 Å². The first-order valence-corrected chi connectivity index (χ1v) is 7.77. The minimum Gasteiger partial charge on any atom is -0.358 e. The van der Waals surface area contributed by atoms with Crippen molar-refractivity contribution >= 4 is 16.8 Å². The van der Waals surface area contributed by atoms with E-state index in [1.807, 2.05) is 36.1 Å². The molecule has 0 aliphatic carbocycles. The van der Waals surface area contributed by atoms with Gasteiger partial charge in [0, 0.05) is 47.2 Å². The molecule has 0 atom stereocenters. The maximum absolute atomic E-state index is 13.4. The zero-order chi connectivity index (χ0) is 16.0. The summed E-state index contributed by atoms with van der Waals surface area (Å²) in [4.78, 5) is 18.0. The van der Waals surface area contributed by atoms with E-state index in [0.29, 0.717) is 13.1 Å². The number of nitrogens with zero attached hydrogens (tertiary/aromatic N) is 1. The Kier molecular flexibility index (Phi) is 3.18. The number of carbonyl (C=O) groups is 1. The van der Waals surface area contributed by atoms with Gasteiger partial charge in [0.05, 0.1) is 0 Å². The number of rotatable bonds is 1. The third kappa shape index (κ3) is 2.31. The number of aromatic nitrogens is 1. The molecule has 0 fully saturated rings. The van der Waals surface area contributed by atoms with Crippen LogP contribution in [0.2, 0.25) is 0 Å². The second-order valence-corrected chi connectivity index (χ2v) is 6.06. The molecule has 2 aromatic carbocycles. The van der Waals surface area contributed by atoms with E-state index in [-0.39, 0.29) is 11.7 Å². The highest BCUT2D eigenvalue weighted by molar-refractivity contribution is 5.96. The van der Waals surface area contributed by atoms with Gasteiger partial charge in [0.15, 0.2) is 0 Å². The summed E-state index contributed by atoms with van der Waals surface area (Å²) in [6.07, 6.45) is 0.767. The first-order valence-electron chi connectivity index (χ1n) is 7.77. The molecule has 0 saturated carbocycles. The predicted octanol–water partition coefficient (Wildman–Crippen LogP) is 3.81. The van der Waals surface area contributed by atoms with Crippen molar-refractivity contribution in [2.24, 2.45) is 0 Å². The van der Waals surface area contributed by atoms with Crippen LogP contribution in [0, 0.1) is 12.7 Å². The van der Waals surface area contributed by atoms with Gasteiger partial charge in [-0.2, -0.15) is 0 Å². The third-order valence-electron chi connectivity index (χ3n) is 4.60. The fourth-order valence-corrected chi connectivity index (χ4v) is 3.35. The molecule has 1 aliphatic heterocycles. The predicted molar refractivity (Wildman–Crippen MR) is 87.9 cm³/mol. The number of benzene rings is 2. The van der Waals surface area contributed by atoms with Gasteiger partial charge in [-0.25, -0.2) is 4.39 Å². The summed E-state index contributed by atoms with van der Waals surface area (Å²) in [5.41, 5.74) is 4.76. The van der Waals surface area contributed by atoms with Crippen molar-refractivity contribution in [3.05, 3.63) is 70.7 Å². The number of nitrogens with one attached hydrogen (secondary N) is 1. The first-order chi connectivity index (χ1) is 11.1. The average molecular weight is 308 g/mol. The van der Waals surface area contributed by atoms with Crippen molar-refractivity contribution in [3.8, 4) is 0 Å². The molecule has 3 nitrogen and oxygen atoms in total. The molecule has 1 N–H and O–H groups in total. The van der Waals surface area contributed by atoms with Crippen molar-refractivity contribution in [1.82, 2.24) is 9.88 Å². The molecular formula is C19H17FN2O. The molecule has 3 aromatic rings. The van der Waals surface area contributed by atoms with Crippen molar-refractivity contribution in [2.75, 3.05) is 6.54 Å². The van der Waals surface area contributed by atoms with Crippen LogP contribution in [0.5, 0.6) is 0 Å². The summed E-state index contributed by atoms with van der Waals surface area (Å²) >= 11 is 0. The van der Waals surface area contributed by atoms with Crippen molar-refractivity contribution in [2.45, 2.75) is 19.9 Å². The van der Waals surface area contributed by atoms with Crippen LogP contribution in [-0.4, -0.2) is 22.3 Å². The maximum Gasteiger partial charge on any atom is 0.254 e. The van der Waals surface area contributed by atoms with E-state index in [4.69, 9.17) is 0 Å². The van der Waals surface area contributed by atoms with Crippen LogP contribution in [0.4, 0.5) is 4.39 Å². The van der Waals surface area contributed by atoms with Gasteiger partial charge in [-0.1, -0.05) is 18.2 Å². The highest BCUT2D eigenvalue weighted by atomic mass is 19.1. The van der Waals surface area contributed by atoms with E-state index >= 15 is 0 Å². The second-order valence-electron chi connectivity index (χ2n) is 6.06. The Hall–Kier alpha value is -2.62. The molecule has 1 aliphatic rings. The summed E-state index contributed by atoms with van der Waals surface area (Å²) in [6, 6.07) is 12.4. The smallest absolute Gasteiger partial charge is 0.254 e. The summed E-state index contributed by atoms with van der Waals surface area (Å²) in [5.74, 6) is -0.186. The molecule has 4 heteroatoms. The summed E-state index contributed by atoms with van der Waals surface area (Å²) in [5, 5.41) is 1.00. The number of carbonyl (C=O) groups excluding carboxylic acids is 1. The molecular weight excluding hydrogens is 291 g/mol. The molecule has 0 spiro atoms. The maximum atomic E-state index is 13.4. The Morgan fingerprint density at radius 2 is 2.04 bits per heavy atom. The van der Waals surface area contributed by atoms with E-state index in [1.54, 1.807) is 6.07 Å². The number of aromatic amines is 1. The number of fused-ring (bicyclic) bond motifs is 3. The SMILES string of the molecule is Cc1ccccc1C(=O)N1CCc2[nH]c3cc(F)ccc3c2C1. The molecule has 0 saturated heterocycles. The van der Waals surface area contributed by atoms with Crippen molar-refractivity contribution < 1.29 is 9.18 Å². The van der Waals surface area contributed by atoms with Gasteiger partial charge in [0.1, 0.15) is 5.82 Å². The normalized spacial score (nSPS) is 14.1. The van der Waals surface area contributed by atoms with E-state index in [9.17, 15) is 9.18 Å². The second kappa shape index (κ2) is 5.23. The fourth-order valence-electron chi connectivity index (χ4n) is 3.35. The Morgan fingerprint density at radius 3 is 2.87 bits per heavy atom. The lowest BCUT2D eigenvalue weighted by Gasteiger charge is -2.28. The topological polar surface area (TPSA) is 36.1 Å². The number of hydrogen-bond donors (Lipinski definition) is 1. The summed E-state index contributed by atoms with van der Waals surface area (Å²) in [7, 11) is 0. The van der Waals surface area contributed by atoms with Crippen LogP contribution in [0.25, 0.3) is 10.9 Å². The molecule has 0 bridgehead atoms. The van der Waals surface area contributed by atoms with Gasteiger partial charge in [-0.15, -0.1) is 0 Å². The van der Waals surface area contributed by atoms with Crippen LogP contribution < -0.4 is 0 Å². The Morgan fingerprint density at radius 1 is 1.22 bits per heavy atom. The third-order valence-corrected chi connectivity index (χ3v) is 4.60. The Balaban J connectivity index is 1.70. The summed E-state index contributed by atoms with van der Waals surface area (Å²) in [6.45, 7) is 3.20. The molecule has 0 radical (unpaired) electrons. The lowest BCUT2D eigenvalue weighted by molar-refractivity contribution is 0.0734. The average Bonchev–Trinajstić information content (AvgIpc) is 2.91. The van der Waals surface area contributed by atoms with Gasteiger partial charge >= 0.3 is 0 Å². The van der Waals surface area contributed by atoms with Crippen molar-refractivity contribution in [1.29, 1.82) is 0 Å². The van der Waals surface area contributed by atoms with Gasteiger partial charge in [0.2, 0.25) is 0 Å². The van der Waals surface area contributed by atoms with E-state index in [0.717, 1.165) is 39.7 Å². The monoisotopic (exact) mass is 308 g/mol. The quantitative estimate of drug-likeness (QED) is 0.729. The van der Waals surface area contributed by atoms with Gasteiger partial charge in [0.25, 0.3) is 5.91 Å². The molecule has 116 valence electrons. The minimum absolute atomic E-state index is 0.0604. The lowest BCUT2D eigenvalue weighted by Crippen LogP contribution is -2.36. The van der Waals surface area contributed by atoms with Gasteiger partial charge < -0.3 is 9.88 Å². The van der Waals surface area contributed by atoms with Crippen molar-refractivity contribution in [3.63, 3.8) is 0 Å². The molecule has 1 aromatic heterocycles. The number of amides is 1. The molecule has 1 amide bonds. The van der Waals surface area contributed by atoms with Crippen LogP contribution >= 0.6 is 0 Å². The van der Waals surface area contributed by atoms with Crippen LogP contribution in [0.15, 0.2) is 42.5 Å². The molecule has 2 heterocycles. The van der Waals surface area contributed by atoms with Crippen LogP contribution in [-0.2, 0) is 13.0 Å². The Labute approximate surface area is 133 Å². The molecule has 23 heavy (non-hydrogen) atoms. The van der Waals surface area contributed by atoms with Crippen LogP contribution in [0.1, 0.15) is 27.2 Å². The largest absolute Gasteiger partial charge is 0.358 e. The lowest BCUT2D eigenvalue weighted by atomic mass is 10.0. The number of H-pyrrole nitrogens is 1. The first kappa shape index (κ1) is 14.0. The highest BCUT2D eigenvalue weighted by Gasteiger charge is 2.25. The zero-order valence-electron chi connectivity index (χ0n) is 12.9. The van der Waals surface area contributed by atoms with Crippen LogP contribution in [0.3, 0.4) is 0 Å². The standard InChI is InChI=1S/C19H17FN2O/c1-12-4-2-3-5-14(12)19(23)22-9-8-17-16(11-22)15-7-6-13(20)10-18(15)21-17/h2-7,10,21H,8-9,11H2,1H3. The summed E-state index contributed by atoms with van der Waals surface area (Å²) < 4.78 is 13.4. The number of hydrogen-bond acceptors (Lipinski definition) is 1. The van der Waals surface area contributed by atoms with E-state index in [2.05, 4.69) is 4.98 Å². The van der Waals surface area contributed by atoms with E-state index < -0.39 is 0 Å². The zero-order valence-corrected chi connectivity index (χ0v) is 12.9. The fraction of sp³-hybridized carbons (Fsp3) is 0.211. The number of aryl methyl sites for hydroxylation is 1.